The number of imidazole rings is 1. The molecule has 0 atom stereocenters. The van der Waals surface area contributed by atoms with E-state index in [9.17, 15) is 0 Å². The van der Waals surface area contributed by atoms with Crippen LogP contribution >= 0.6 is 0 Å². The zero-order chi connectivity index (χ0) is 10.6. The molecule has 2 rings (SSSR count). The van der Waals surface area contributed by atoms with E-state index in [-0.39, 0.29) is 7.43 Å². The molecule has 0 radical (unpaired) electrons. The number of nitrogens with zero attached hydrogens (tertiary/aromatic N) is 2. The highest BCUT2D eigenvalue weighted by Gasteiger charge is 2.13. The van der Waals surface area contributed by atoms with Gasteiger partial charge in [0, 0.05) is 19.2 Å². The van der Waals surface area contributed by atoms with Crippen molar-refractivity contribution >= 4 is 0 Å². The minimum atomic E-state index is 0. The van der Waals surface area contributed by atoms with E-state index in [1.807, 2.05) is 13.8 Å². The molecule has 15 heavy (non-hydrogen) atoms. The van der Waals surface area contributed by atoms with Crippen LogP contribution < -0.4 is 0 Å². The fourth-order valence-electron chi connectivity index (χ4n) is 1.71. The topological polar surface area (TPSA) is 17.8 Å². The fourth-order valence-corrected chi connectivity index (χ4v) is 1.71. The average molecular weight is 210 g/mol. The number of fused-ring (bicyclic) bond motifs is 1. The van der Waals surface area contributed by atoms with E-state index >= 15 is 0 Å². The SMILES string of the molecule is C.CC.CC(C)c1cn2c(n1)CCCC2. The van der Waals surface area contributed by atoms with Crippen LogP contribution in [-0.4, -0.2) is 9.55 Å². The van der Waals surface area contributed by atoms with E-state index < -0.39 is 0 Å². The Morgan fingerprint density at radius 2 is 1.93 bits per heavy atom. The van der Waals surface area contributed by atoms with E-state index in [0.717, 1.165) is 0 Å². The summed E-state index contributed by atoms with van der Waals surface area (Å²) in [5.41, 5.74) is 1.26. The van der Waals surface area contributed by atoms with Crippen molar-refractivity contribution in [3.05, 3.63) is 17.7 Å². The van der Waals surface area contributed by atoms with E-state index in [4.69, 9.17) is 0 Å². The summed E-state index contributed by atoms with van der Waals surface area (Å²) in [6, 6.07) is 0. The highest BCUT2D eigenvalue weighted by atomic mass is 15.1. The lowest BCUT2D eigenvalue weighted by Gasteiger charge is -2.11. The molecule has 0 bridgehead atoms. The Morgan fingerprint density at radius 3 is 2.47 bits per heavy atom. The van der Waals surface area contributed by atoms with Crippen molar-refractivity contribution in [2.24, 2.45) is 0 Å². The first-order valence-electron chi connectivity index (χ1n) is 5.83. The first-order chi connectivity index (χ1) is 6.77. The van der Waals surface area contributed by atoms with Gasteiger partial charge in [0.1, 0.15) is 5.82 Å². The Kier molecular flexibility index (Phi) is 6.30. The van der Waals surface area contributed by atoms with E-state index in [1.54, 1.807) is 0 Å². The molecule has 0 aromatic carbocycles. The van der Waals surface area contributed by atoms with Crippen LogP contribution in [0, 0.1) is 0 Å². The maximum absolute atomic E-state index is 4.61. The van der Waals surface area contributed by atoms with Crippen molar-refractivity contribution in [2.75, 3.05) is 0 Å². The molecule has 0 aliphatic carbocycles. The fraction of sp³-hybridized carbons (Fsp3) is 0.769. The number of hydrogen-bond acceptors (Lipinski definition) is 1. The minimum Gasteiger partial charge on any atom is -0.335 e. The summed E-state index contributed by atoms with van der Waals surface area (Å²) >= 11 is 0. The number of aromatic nitrogens is 2. The third kappa shape index (κ3) is 3.37. The summed E-state index contributed by atoms with van der Waals surface area (Å²) in [6.07, 6.45) is 6.03. The molecule has 0 saturated heterocycles. The summed E-state index contributed by atoms with van der Waals surface area (Å²) in [6.45, 7) is 9.58. The number of aryl methyl sites for hydroxylation is 2. The Morgan fingerprint density at radius 1 is 1.27 bits per heavy atom. The Balaban J connectivity index is 0.000000617. The number of hydrogen-bond donors (Lipinski definition) is 0. The van der Waals surface area contributed by atoms with Crippen LogP contribution in [0.25, 0.3) is 0 Å². The monoisotopic (exact) mass is 210 g/mol. The van der Waals surface area contributed by atoms with Gasteiger partial charge in [-0.3, -0.25) is 0 Å². The van der Waals surface area contributed by atoms with Crippen molar-refractivity contribution in [2.45, 2.75) is 66.8 Å². The largest absolute Gasteiger partial charge is 0.335 e. The van der Waals surface area contributed by atoms with Crippen LogP contribution in [0.2, 0.25) is 0 Å². The molecule has 1 aliphatic rings. The summed E-state index contributed by atoms with van der Waals surface area (Å²) in [4.78, 5) is 4.61. The van der Waals surface area contributed by atoms with Gasteiger partial charge in [-0.1, -0.05) is 35.1 Å². The van der Waals surface area contributed by atoms with Crippen LogP contribution in [0.3, 0.4) is 0 Å². The molecule has 0 fully saturated rings. The maximum Gasteiger partial charge on any atom is 0.108 e. The van der Waals surface area contributed by atoms with Gasteiger partial charge in [-0.2, -0.15) is 0 Å². The van der Waals surface area contributed by atoms with Gasteiger partial charge in [0.05, 0.1) is 5.69 Å². The molecule has 0 amide bonds. The van der Waals surface area contributed by atoms with E-state index in [0.29, 0.717) is 5.92 Å². The highest BCUT2D eigenvalue weighted by Crippen LogP contribution is 2.18. The van der Waals surface area contributed by atoms with Gasteiger partial charge in [-0.05, 0) is 18.8 Å². The van der Waals surface area contributed by atoms with Gasteiger partial charge in [-0.15, -0.1) is 0 Å². The summed E-state index contributed by atoms with van der Waals surface area (Å²) in [7, 11) is 0. The molecular formula is C13H26N2. The second-order valence-electron chi connectivity index (χ2n) is 3.89. The quantitative estimate of drug-likeness (QED) is 0.685. The van der Waals surface area contributed by atoms with Gasteiger partial charge in [-0.25, -0.2) is 4.98 Å². The molecular weight excluding hydrogens is 184 g/mol. The highest BCUT2D eigenvalue weighted by molar-refractivity contribution is 5.09. The lowest BCUT2D eigenvalue weighted by atomic mass is 10.2. The van der Waals surface area contributed by atoms with Crippen molar-refractivity contribution in [1.29, 1.82) is 0 Å². The Labute approximate surface area is 94.7 Å². The van der Waals surface area contributed by atoms with Crippen molar-refractivity contribution in [1.82, 2.24) is 9.55 Å². The van der Waals surface area contributed by atoms with Crippen molar-refractivity contribution in [3.8, 4) is 0 Å². The maximum atomic E-state index is 4.61. The molecule has 0 N–H and O–H groups in total. The van der Waals surface area contributed by atoms with Crippen LogP contribution in [0.15, 0.2) is 6.20 Å². The second kappa shape index (κ2) is 6.65. The first-order valence-corrected chi connectivity index (χ1v) is 5.83. The first kappa shape index (κ1) is 14.2. The molecule has 2 heterocycles. The van der Waals surface area contributed by atoms with Gasteiger partial charge < -0.3 is 4.57 Å². The Hall–Kier alpha value is -0.790. The molecule has 1 aliphatic heterocycles. The molecule has 0 saturated carbocycles. The van der Waals surface area contributed by atoms with Crippen LogP contribution in [0.5, 0.6) is 0 Å². The van der Waals surface area contributed by atoms with E-state index in [2.05, 4.69) is 29.6 Å². The van der Waals surface area contributed by atoms with Crippen LogP contribution in [-0.2, 0) is 13.0 Å². The smallest absolute Gasteiger partial charge is 0.108 e. The standard InChI is InChI=1S/C10H16N2.C2H6.CH4/c1-8(2)9-7-12-6-4-3-5-10(12)11-9;1-2;/h7-8H,3-6H2,1-2H3;1-2H3;1H4. The van der Waals surface area contributed by atoms with Gasteiger partial charge >= 0.3 is 0 Å². The van der Waals surface area contributed by atoms with Crippen LogP contribution in [0.1, 0.15) is 65.4 Å². The zero-order valence-corrected chi connectivity index (χ0v) is 9.88. The lowest BCUT2D eigenvalue weighted by Crippen LogP contribution is -2.08. The molecule has 1 aromatic rings. The summed E-state index contributed by atoms with van der Waals surface area (Å²) in [5, 5.41) is 0. The predicted molar refractivity (Wildman–Crippen MR) is 67.3 cm³/mol. The normalized spacial score (nSPS) is 13.7. The molecule has 88 valence electrons. The molecule has 0 unspecified atom stereocenters. The lowest BCUT2D eigenvalue weighted by molar-refractivity contribution is 0.522. The van der Waals surface area contributed by atoms with Crippen LogP contribution in [0.4, 0.5) is 0 Å². The molecule has 2 nitrogen and oxygen atoms in total. The van der Waals surface area contributed by atoms with Gasteiger partial charge in [0.2, 0.25) is 0 Å². The third-order valence-electron chi connectivity index (χ3n) is 2.52. The molecule has 2 heteroatoms. The second-order valence-corrected chi connectivity index (χ2v) is 3.89. The molecule has 0 spiro atoms. The van der Waals surface area contributed by atoms with Gasteiger partial charge in [0.15, 0.2) is 0 Å². The summed E-state index contributed by atoms with van der Waals surface area (Å²) < 4.78 is 2.32. The minimum absolute atomic E-state index is 0. The van der Waals surface area contributed by atoms with Crippen molar-refractivity contribution < 1.29 is 0 Å². The zero-order valence-electron chi connectivity index (χ0n) is 9.88. The third-order valence-corrected chi connectivity index (χ3v) is 2.52. The predicted octanol–water partition coefficient (Wildman–Crippen LogP) is 4.01. The Bertz CT molecular complexity index is 251. The summed E-state index contributed by atoms with van der Waals surface area (Å²) in [5.74, 6) is 1.87. The molecule has 1 aromatic heterocycles. The number of rotatable bonds is 1. The van der Waals surface area contributed by atoms with E-state index in [1.165, 1.54) is 37.3 Å². The average Bonchev–Trinajstić information content (AvgIpc) is 2.64. The van der Waals surface area contributed by atoms with Gasteiger partial charge in [0.25, 0.3) is 0 Å². The van der Waals surface area contributed by atoms with Crippen molar-refractivity contribution in [3.63, 3.8) is 0 Å².